The molecule has 1 saturated carbocycles. The van der Waals surface area contributed by atoms with Crippen LogP contribution in [0.5, 0.6) is 5.75 Å². The predicted octanol–water partition coefficient (Wildman–Crippen LogP) is 2.58. The molecular formula is C21H33IN4O2. The summed E-state index contributed by atoms with van der Waals surface area (Å²) in [5.74, 6) is 2.75. The number of aliphatic imine (C=N–C) groups is 1. The maximum Gasteiger partial charge on any atom is 0.193 e. The lowest BCUT2D eigenvalue weighted by atomic mass is 10.2. The first-order valence-electron chi connectivity index (χ1n) is 10.3. The molecule has 0 amide bonds. The molecule has 1 unspecified atom stereocenters. The summed E-state index contributed by atoms with van der Waals surface area (Å²) in [6, 6.07) is 8.96. The van der Waals surface area contributed by atoms with Gasteiger partial charge in [-0.2, -0.15) is 0 Å². The molecule has 3 fully saturated rings. The molecule has 4 rings (SSSR count). The van der Waals surface area contributed by atoms with E-state index in [1.165, 1.54) is 24.8 Å². The highest BCUT2D eigenvalue weighted by atomic mass is 127. The number of hydrogen-bond donors (Lipinski definition) is 1. The molecule has 2 heterocycles. The maximum atomic E-state index is 6.04. The first-order chi connectivity index (χ1) is 13.3. The number of nitrogens with one attached hydrogen (secondary N) is 1. The number of likely N-dealkylation sites (tertiary alicyclic amines) is 1. The standard InChI is InChI=1S/C21H32N4O2.HI/c1-22-21(25-9-8-19(15-25)24-10-12-26-13-11-24)23-14-18-4-2-3-5-20(18)27-16-17-6-7-17;/h2-5,17,19H,6-16H2,1H3,(H,22,23);1H. The first-order valence-corrected chi connectivity index (χ1v) is 10.3. The summed E-state index contributed by atoms with van der Waals surface area (Å²) in [6.45, 7) is 7.51. The Balaban J connectivity index is 0.00000225. The molecule has 2 aliphatic heterocycles. The van der Waals surface area contributed by atoms with Crippen LogP contribution in [0.3, 0.4) is 0 Å². The van der Waals surface area contributed by atoms with Crippen molar-refractivity contribution in [3.63, 3.8) is 0 Å². The third-order valence-electron chi connectivity index (χ3n) is 5.82. The summed E-state index contributed by atoms with van der Waals surface area (Å²) in [5, 5.41) is 3.55. The number of guanidine groups is 1. The molecule has 0 radical (unpaired) electrons. The Hall–Kier alpha value is -1.06. The van der Waals surface area contributed by atoms with Gasteiger partial charge in [-0.3, -0.25) is 9.89 Å². The Labute approximate surface area is 185 Å². The van der Waals surface area contributed by atoms with Crippen molar-refractivity contribution in [1.29, 1.82) is 0 Å². The Kier molecular flexibility index (Phi) is 8.23. The van der Waals surface area contributed by atoms with Crippen molar-refractivity contribution in [2.24, 2.45) is 10.9 Å². The fraction of sp³-hybridized carbons (Fsp3) is 0.667. The van der Waals surface area contributed by atoms with Crippen molar-refractivity contribution in [2.75, 3.05) is 53.0 Å². The minimum absolute atomic E-state index is 0. The molecule has 7 heteroatoms. The molecule has 6 nitrogen and oxygen atoms in total. The van der Waals surface area contributed by atoms with E-state index in [0.29, 0.717) is 6.04 Å². The SMILES string of the molecule is CN=C(NCc1ccccc1OCC1CC1)N1CCC(N2CCOCC2)C1.I. The summed E-state index contributed by atoms with van der Waals surface area (Å²) in [6.07, 6.45) is 3.82. The fourth-order valence-electron chi connectivity index (χ4n) is 3.96. The number of benzene rings is 1. The van der Waals surface area contributed by atoms with Crippen molar-refractivity contribution in [1.82, 2.24) is 15.1 Å². The van der Waals surface area contributed by atoms with Gasteiger partial charge in [-0.25, -0.2) is 0 Å². The summed E-state index contributed by atoms with van der Waals surface area (Å²) in [7, 11) is 1.87. The van der Waals surface area contributed by atoms with Crippen LogP contribution in [0, 0.1) is 5.92 Å². The van der Waals surface area contributed by atoms with Gasteiger partial charge in [-0.05, 0) is 31.2 Å². The Morgan fingerprint density at radius 1 is 1.18 bits per heavy atom. The molecule has 2 saturated heterocycles. The highest BCUT2D eigenvalue weighted by Gasteiger charge is 2.30. The van der Waals surface area contributed by atoms with Gasteiger partial charge in [0.2, 0.25) is 0 Å². The second kappa shape index (κ2) is 10.6. The summed E-state index contributed by atoms with van der Waals surface area (Å²) in [5.41, 5.74) is 1.20. The Bertz CT molecular complexity index is 647. The lowest BCUT2D eigenvalue weighted by molar-refractivity contribution is 0.0195. The van der Waals surface area contributed by atoms with Crippen molar-refractivity contribution in [2.45, 2.75) is 31.8 Å². The smallest absolute Gasteiger partial charge is 0.193 e. The minimum Gasteiger partial charge on any atom is -0.493 e. The van der Waals surface area contributed by atoms with Crippen LogP contribution in [-0.2, 0) is 11.3 Å². The van der Waals surface area contributed by atoms with Crippen molar-refractivity contribution in [3.8, 4) is 5.75 Å². The van der Waals surface area contributed by atoms with Gasteiger partial charge in [0, 0.05) is 51.4 Å². The van der Waals surface area contributed by atoms with Gasteiger partial charge in [0.15, 0.2) is 5.96 Å². The van der Waals surface area contributed by atoms with Crippen LogP contribution >= 0.6 is 24.0 Å². The average molecular weight is 500 g/mol. The van der Waals surface area contributed by atoms with Crippen molar-refractivity contribution in [3.05, 3.63) is 29.8 Å². The summed E-state index contributed by atoms with van der Waals surface area (Å²) < 4.78 is 11.5. The van der Waals surface area contributed by atoms with E-state index in [1.54, 1.807) is 0 Å². The molecule has 1 N–H and O–H groups in total. The zero-order valence-corrected chi connectivity index (χ0v) is 19.1. The van der Waals surface area contributed by atoms with Gasteiger partial charge in [-0.1, -0.05) is 18.2 Å². The predicted molar refractivity (Wildman–Crippen MR) is 123 cm³/mol. The summed E-state index contributed by atoms with van der Waals surface area (Å²) in [4.78, 5) is 9.48. The molecule has 156 valence electrons. The van der Waals surface area contributed by atoms with Gasteiger partial charge >= 0.3 is 0 Å². The number of ether oxygens (including phenoxy) is 2. The van der Waals surface area contributed by atoms with Crippen LogP contribution in [-0.4, -0.2) is 74.8 Å². The van der Waals surface area contributed by atoms with E-state index in [2.05, 4.69) is 38.3 Å². The van der Waals surface area contributed by atoms with Gasteiger partial charge in [0.05, 0.1) is 19.8 Å². The van der Waals surface area contributed by atoms with E-state index in [1.807, 2.05) is 13.1 Å². The van der Waals surface area contributed by atoms with Crippen LogP contribution in [0.2, 0.25) is 0 Å². The van der Waals surface area contributed by atoms with Crippen LogP contribution in [0.15, 0.2) is 29.3 Å². The van der Waals surface area contributed by atoms with E-state index in [4.69, 9.17) is 9.47 Å². The molecule has 0 spiro atoms. The minimum atomic E-state index is 0. The molecule has 1 aromatic rings. The van der Waals surface area contributed by atoms with Gasteiger partial charge in [0.1, 0.15) is 5.75 Å². The van der Waals surface area contributed by atoms with E-state index in [-0.39, 0.29) is 24.0 Å². The van der Waals surface area contributed by atoms with Gasteiger partial charge in [-0.15, -0.1) is 24.0 Å². The Morgan fingerprint density at radius 2 is 1.96 bits per heavy atom. The number of hydrogen-bond acceptors (Lipinski definition) is 4. The molecule has 0 aromatic heterocycles. The molecule has 28 heavy (non-hydrogen) atoms. The first kappa shape index (κ1) is 21.6. The molecule has 1 aliphatic carbocycles. The van der Waals surface area contributed by atoms with E-state index in [0.717, 1.165) is 70.2 Å². The van der Waals surface area contributed by atoms with Gasteiger partial charge < -0.3 is 19.7 Å². The van der Waals surface area contributed by atoms with Crippen LogP contribution < -0.4 is 10.1 Å². The zero-order chi connectivity index (χ0) is 18.5. The zero-order valence-electron chi connectivity index (χ0n) is 16.8. The number of nitrogens with zero attached hydrogens (tertiary/aromatic N) is 3. The second-order valence-corrected chi connectivity index (χ2v) is 7.80. The average Bonchev–Trinajstić information content (AvgIpc) is 3.43. The van der Waals surface area contributed by atoms with Gasteiger partial charge in [0.25, 0.3) is 0 Å². The number of para-hydroxylation sites is 1. The highest BCUT2D eigenvalue weighted by Crippen LogP contribution is 2.30. The van der Waals surface area contributed by atoms with E-state index < -0.39 is 0 Å². The molecule has 1 atom stereocenters. The number of rotatable bonds is 6. The molecule has 3 aliphatic rings. The second-order valence-electron chi connectivity index (χ2n) is 7.80. The normalized spacial score (nSPS) is 23.4. The lowest BCUT2D eigenvalue weighted by Crippen LogP contribution is -2.46. The summed E-state index contributed by atoms with van der Waals surface area (Å²) >= 11 is 0. The monoisotopic (exact) mass is 500 g/mol. The third-order valence-corrected chi connectivity index (χ3v) is 5.82. The highest BCUT2D eigenvalue weighted by molar-refractivity contribution is 14.0. The topological polar surface area (TPSA) is 49.3 Å². The molecular weight excluding hydrogens is 467 g/mol. The number of morpholine rings is 1. The molecule has 1 aromatic carbocycles. The van der Waals surface area contributed by atoms with Crippen molar-refractivity contribution < 1.29 is 9.47 Å². The van der Waals surface area contributed by atoms with Crippen LogP contribution in [0.4, 0.5) is 0 Å². The Morgan fingerprint density at radius 3 is 2.71 bits per heavy atom. The molecule has 0 bridgehead atoms. The number of halogens is 1. The maximum absolute atomic E-state index is 6.04. The lowest BCUT2D eigenvalue weighted by Gasteiger charge is -2.32. The largest absolute Gasteiger partial charge is 0.493 e. The third kappa shape index (κ3) is 5.73. The van der Waals surface area contributed by atoms with Crippen LogP contribution in [0.1, 0.15) is 24.8 Å². The van der Waals surface area contributed by atoms with Crippen molar-refractivity contribution >= 4 is 29.9 Å². The quantitative estimate of drug-likeness (QED) is 0.370. The fourth-order valence-corrected chi connectivity index (χ4v) is 3.96. The van der Waals surface area contributed by atoms with E-state index in [9.17, 15) is 0 Å². The van der Waals surface area contributed by atoms with E-state index >= 15 is 0 Å². The van der Waals surface area contributed by atoms with Crippen LogP contribution in [0.25, 0.3) is 0 Å².